The fourth-order valence-electron chi connectivity index (χ4n) is 3.70. The van der Waals surface area contributed by atoms with Crippen LogP contribution >= 0.6 is 0 Å². The van der Waals surface area contributed by atoms with Crippen molar-refractivity contribution in [2.24, 2.45) is 11.8 Å². The number of hydrogen-bond donors (Lipinski definition) is 1. The first-order valence-corrected chi connectivity index (χ1v) is 7.22. The fraction of sp³-hybridized carbons (Fsp3) is 1.00. The van der Waals surface area contributed by atoms with Gasteiger partial charge in [0, 0.05) is 24.7 Å². The molecule has 2 aliphatic carbocycles. The molecule has 0 aromatic heterocycles. The van der Waals surface area contributed by atoms with Gasteiger partial charge >= 0.3 is 0 Å². The average molecular weight is 222 g/mol. The van der Waals surface area contributed by atoms with Gasteiger partial charge in [0.1, 0.15) is 0 Å². The minimum absolute atomic E-state index is 0.769. The maximum atomic E-state index is 3.46. The van der Waals surface area contributed by atoms with Crippen molar-refractivity contribution in [2.75, 3.05) is 13.6 Å². The van der Waals surface area contributed by atoms with Crippen LogP contribution in [0.3, 0.4) is 0 Å². The molecular formula is C14H26N2. The van der Waals surface area contributed by atoms with Crippen LogP contribution in [0.5, 0.6) is 0 Å². The van der Waals surface area contributed by atoms with Crippen molar-refractivity contribution >= 4 is 0 Å². The van der Waals surface area contributed by atoms with Gasteiger partial charge in [-0.05, 0) is 64.3 Å². The zero-order valence-corrected chi connectivity index (χ0v) is 10.8. The van der Waals surface area contributed by atoms with Crippen molar-refractivity contribution in [1.29, 1.82) is 0 Å². The second kappa shape index (κ2) is 4.30. The van der Waals surface area contributed by atoms with E-state index in [9.17, 15) is 0 Å². The third kappa shape index (κ3) is 2.14. The molecule has 1 heterocycles. The molecule has 0 amide bonds. The molecule has 1 aliphatic heterocycles. The minimum atomic E-state index is 0.769. The Labute approximate surface area is 99.8 Å². The van der Waals surface area contributed by atoms with Gasteiger partial charge in [0.05, 0.1) is 0 Å². The summed E-state index contributed by atoms with van der Waals surface area (Å²) in [6, 6.07) is 2.54. The number of likely N-dealkylation sites (tertiary alicyclic amines) is 1. The second-order valence-electron chi connectivity index (χ2n) is 6.26. The van der Waals surface area contributed by atoms with Crippen LogP contribution in [0.15, 0.2) is 0 Å². The van der Waals surface area contributed by atoms with E-state index < -0.39 is 0 Å². The van der Waals surface area contributed by atoms with Gasteiger partial charge in [0.2, 0.25) is 0 Å². The summed E-state index contributed by atoms with van der Waals surface area (Å²) in [6.07, 6.45) is 8.77. The van der Waals surface area contributed by atoms with Crippen LogP contribution in [0.25, 0.3) is 0 Å². The monoisotopic (exact) mass is 222 g/mol. The third-order valence-electron chi connectivity index (χ3n) is 4.93. The summed E-state index contributed by atoms with van der Waals surface area (Å²) in [7, 11) is 2.12. The Morgan fingerprint density at radius 1 is 1.06 bits per heavy atom. The minimum Gasteiger partial charge on any atom is -0.317 e. The van der Waals surface area contributed by atoms with Gasteiger partial charge in [0.15, 0.2) is 0 Å². The molecule has 0 aromatic rings. The Morgan fingerprint density at radius 3 is 2.12 bits per heavy atom. The quantitative estimate of drug-likeness (QED) is 0.785. The van der Waals surface area contributed by atoms with Gasteiger partial charge in [-0.15, -0.1) is 0 Å². The van der Waals surface area contributed by atoms with Crippen LogP contribution in [0.4, 0.5) is 0 Å². The lowest BCUT2D eigenvalue weighted by Gasteiger charge is -2.43. The van der Waals surface area contributed by atoms with E-state index in [0.29, 0.717) is 0 Å². The van der Waals surface area contributed by atoms with Crippen LogP contribution in [0.2, 0.25) is 0 Å². The molecule has 0 radical (unpaired) electrons. The number of nitrogens with zero attached hydrogens (tertiary/aromatic N) is 1. The van der Waals surface area contributed by atoms with E-state index >= 15 is 0 Å². The molecule has 92 valence electrons. The maximum Gasteiger partial charge on any atom is 0.0155 e. The zero-order valence-electron chi connectivity index (χ0n) is 10.8. The predicted octanol–water partition coefficient (Wildman–Crippen LogP) is 2.25. The first kappa shape index (κ1) is 11.0. The third-order valence-corrected chi connectivity index (χ3v) is 4.93. The molecule has 2 heteroatoms. The molecule has 3 fully saturated rings. The normalized spacial score (nSPS) is 36.9. The largest absolute Gasteiger partial charge is 0.317 e. The number of piperidine rings is 1. The van der Waals surface area contributed by atoms with Gasteiger partial charge < -0.3 is 5.32 Å². The number of rotatable bonds is 4. The predicted molar refractivity (Wildman–Crippen MR) is 67.5 cm³/mol. The summed E-state index contributed by atoms with van der Waals surface area (Å²) in [6.45, 7) is 3.78. The van der Waals surface area contributed by atoms with Gasteiger partial charge in [-0.25, -0.2) is 0 Å². The summed E-state index contributed by atoms with van der Waals surface area (Å²) in [5, 5.41) is 3.46. The first-order valence-electron chi connectivity index (χ1n) is 7.22. The lowest BCUT2D eigenvalue weighted by atomic mass is 9.93. The Balaban J connectivity index is 1.64. The molecule has 0 aromatic carbocycles. The lowest BCUT2D eigenvalue weighted by molar-refractivity contribution is 0.0663. The second-order valence-corrected chi connectivity index (χ2v) is 6.26. The van der Waals surface area contributed by atoms with Crippen molar-refractivity contribution in [1.82, 2.24) is 10.2 Å². The van der Waals surface area contributed by atoms with E-state index in [4.69, 9.17) is 0 Å². The summed E-state index contributed by atoms with van der Waals surface area (Å²) >= 11 is 0. The SMILES string of the molecule is CNC1CCN(C(C2CC2)C2CC2)C(C)C1. The highest BCUT2D eigenvalue weighted by Gasteiger charge is 2.46. The first-order chi connectivity index (χ1) is 7.79. The highest BCUT2D eigenvalue weighted by molar-refractivity contribution is 5.00. The molecule has 3 aliphatic rings. The lowest BCUT2D eigenvalue weighted by Crippen LogP contribution is -2.52. The summed E-state index contributed by atoms with van der Waals surface area (Å²) in [4.78, 5) is 2.86. The van der Waals surface area contributed by atoms with Crippen LogP contribution < -0.4 is 5.32 Å². The summed E-state index contributed by atoms with van der Waals surface area (Å²) < 4.78 is 0. The van der Waals surface area contributed by atoms with Crippen molar-refractivity contribution in [3.8, 4) is 0 Å². The van der Waals surface area contributed by atoms with Crippen molar-refractivity contribution < 1.29 is 0 Å². The van der Waals surface area contributed by atoms with E-state index in [1.807, 2.05) is 0 Å². The van der Waals surface area contributed by atoms with Gasteiger partial charge in [-0.2, -0.15) is 0 Å². The maximum absolute atomic E-state index is 3.46. The Kier molecular flexibility index (Phi) is 2.97. The molecule has 2 atom stereocenters. The molecule has 16 heavy (non-hydrogen) atoms. The van der Waals surface area contributed by atoms with Crippen LogP contribution in [0.1, 0.15) is 45.4 Å². The van der Waals surface area contributed by atoms with Crippen LogP contribution in [0, 0.1) is 11.8 Å². The van der Waals surface area contributed by atoms with Gasteiger partial charge in [0.25, 0.3) is 0 Å². The van der Waals surface area contributed by atoms with E-state index in [1.165, 1.54) is 45.1 Å². The van der Waals surface area contributed by atoms with Crippen molar-refractivity contribution in [3.63, 3.8) is 0 Å². The molecule has 2 nitrogen and oxygen atoms in total. The van der Waals surface area contributed by atoms with Gasteiger partial charge in [-0.1, -0.05) is 0 Å². The van der Waals surface area contributed by atoms with E-state index in [0.717, 1.165) is 30.0 Å². The summed E-state index contributed by atoms with van der Waals surface area (Å²) in [5.41, 5.74) is 0. The van der Waals surface area contributed by atoms with E-state index in [-0.39, 0.29) is 0 Å². The molecule has 2 saturated carbocycles. The van der Waals surface area contributed by atoms with Gasteiger partial charge in [-0.3, -0.25) is 4.90 Å². The topological polar surface area (TPSA) is 15.3 Å². The highest BCUT2D eigenvalue weighted by atomic mass is 15.2. The average Bonchev–Trinajstić information content (AvgIpc) is 3.14. The molecule has 0 bridgehead atoms. The van der Waals surface area contributed by atoms with E-state index in [2.05, 4.69) is 24.2 Å². The smallest absolute Gasteiger partial charge is 0.0155 e. The van der Waals surface area contributed by atoms with Crippen LogP contribution in [-0.4, -0.2) is 36.6 Å². The Morgan fingerprint density at radius 2 is 1.69 bits per heavy atom. The standard InChI is InChI=1S/C14H26N2/c1-10-9-13(15-2)7-8-16(10)14(11-3-4-11)12-5-6-12/h10-15H,3-9H2,1-2H3. The summed E-state index contributed by atoms with van der Waals surface area (Å²) in [5.74, 6) is 2.14. The van der Waals surface area contributed by atoms with E-state index in [1.54, 1.807) is 0 Å². The molecular weight excluding hydrogens is 196 g/mol. The highest BCUT2D eigenvalue weighted by Crippen LogP contribution is 2.48. The number of nitrogens with one attached hydrogen (secondary N) is 1. The van der Waals surface area contributed by atoms with Crippen molar-refractivity contribution in [3.05, 3.63) is 0 Å². The Hall–Kier alpha value is -0.0800. The van der Waals surface area contributed by atoms with Crippen molar-refractivity contribution in [2.45, 2.75) is 63.6 Å². The molecule has 0 spiro atoms. The molecule has 1 N–H and O–H groups in total. The Bertz CT molecular complexity index is 233. The molecule has 1 saturated heterocycles. The number of hydrogen-bond acceptors (Lipinski definition) is 2. The molecule has 3 rings (SSSR count). The van der Waals surface area contributed by atoms with Crippen LogP contribution in [-0.2, 0) is 0 Å². The zero-order chi connectivity index (χ0) is 11.1. The fourth-order valence-corrected chi connectivity index (χ4v) is 3.70. The molecule has 2 unspecified atom stereocenters.